The number of hydrogen-bond donors (Lipinski definition) is 1. The molecule has 3 nitrogen and oxygen atoms in total. The highest BCUT2D eigenvalue weighted by Gasteiger charge is 2.15. The van der Waals surface area contributed by atoms with Crippen LogP contribution in [0.2, 0.25) is 0 Å². The first-order valence-corrected chi connectivity index (χ1v) is 6.97. The zero-order valence-corrected chi connectivity index (χ0v) is 12.3. The Morgan fingerprint density at radius 1 is 1.11 bits per heavy atom. The van der Waals surface area contributed by atoms with Crippen molar-refractivity contribution in [2.75, 3.05) is 0 Å². The zero-order chi connectivity index (χ0) is 13.7. The molecule has 100 valence electrons. The molecule has 2 aromatic heterocycles. The Hall–Kier alpha value is -1.77. The molecule has 0 atom stereocenters. The molecule has 0 amide bonds. The summed E-state index contributed by atoms with van der Waals surface area (Å²) in [5, 5.41) is 1.25. The van der Waals surface area contributed by atoms with E-state index >= 15 is 0 Å². The number of rotatable bonds is 2. The zero-order valence-electron chi connectivity index (χ0n) is 12.3. The van der Waals surface area contributed by atoms with Gasteiger partial charge in [-0.05, 0) is 18.1 Å². The molecule has 0 bridgehead atoms. The Labute approximate surface area is 113 Å². The van der Waals surface area contributed by atoms with Gasteiger partial charge in [-0.1, -0.05) is 33.8 Å². The molecule has 0 saturated carbocycles. The lowest BCUT2D eigenvalue weighted by atomic mass is 10.1. The van der Waals surface area contributed by atoms with E-state index in [1.807, 2.05) is 0 Å². The van der Waals surface area contributed by atoms with Gasteiger partial charge < -0.3 is 9.55 Å². The highest BCUT2D eigenvalue weighted by atomic mass is 15.1. The SMILES string of the molecule is CC(C)c1cc2ccc3c(nc(C(C)C)n3C)c2[nH]1. The lowest BCUT2D eigenvalue weighted by molar-refractivity contribution is 0.722. The van der Waals surface area contributed by atoms with Gasteiger partial charge in [0.15, 0.2) is 0 Å². The predicted molar refractivity (Wildman–Crippen MR) is 80.7 cm³/mol. The van der Waals surface area contributed by atoms with Gasteiger partial charge in [-0.25, -0.2) is 4.98 Å². The fourth-order valence-corrected chi connectivity index (χ4v) is 2.72. The van der Waals surface area contributed by atoms with Crippen LogP contribution in [0.25, 0.3) is 21.9 Å². The fourth-order valence-electron chi connectivity index (χ4n) is 2.72. The van der Waals surface area contributed by atoms with Crippen LogP contribution in [0.1, 0.15) is 51.0 Å². The smallest absolute Gasteiger partial charge is 0.113 e. The van der Waals surface area contributed by atoms with E-state index in [2.05, 4.69) is 62.5 Å². The highest BCUT2D eigenvalue weighted by molar-refractivity contribution is 6.02. The first kappa shape index (κ1) is 12.3. The van der Waals surface area contributed by atoms with Gasteiger partial charge >= 0.3 is 0 Å². The van der Waals surface area contributed by atoms with Crippen molar-refractivity contribution in [1.82, 2.24) is 14.5 Å². The number of fused-ring (bicyclic) bond motifs is 3. The van der Waals surface area contributed by atoms with Crippen molar-refractivity contribution < 1.29 is 0 Å². The second-order valence-corrected chi connectivity index (χ2v) is 5.96. The first-order valence-electron chi connectivity index (χ1n) is 6.97. The molecular formula is C16H21N3. The van der Waals surface area contributed by atoms with Crippen LogP contribution in [-0.4, -0.2) is 14.5 Å². The predicted octanol–water partition coefficient (Wildman–Crippen LogP) is 4.30. The number of imidazole rings is 1. The molecule has 0 saturated heterocycles. The summed E-state index contributed by atoms with van der Waals surface area (Å²) in [6.45, 7) is 8.79. The van der Waals surface area contributed by atoms with Gasteiger partial charge in [-0.3, -0.25) is 0 Å². The molecule has 19 heavy (non-hydrogen) atoms. The molecule has 3 aromatic rings. The molecular weight excluding hydrogens is 234 g/mol. The van der Waals surface area contributed by atoms with Gasteiger partial charge in [0.1, 0.15) is 11.3 Å². The van der Waals surface area contributed by atoms with Crippen molar-refractivity contribution in [3.8, 4) is 0 Å². The Bertz CT molecular complexity index is 744. The maximum absolute atomic E-state index is 4.84. The number of H-pyrrole nitrogens is 1. The average molecular weight is 255 g/mol. The summed E-state index contributed by atoms with van der Waals surface area (Å²) in [5.41, 5.74) is 4.74. The van der Waals surface area contributed by atoms with E-state index in [0.29, 0.717) is 11.8 Å². The van der Waals surface area contributed by atoms with Crippen LogP contribution in [0, 0.1) is 0 Å². The molecule has 1 aromatic carbocycles. The van der Waals surface area contributed by atoms with Crippen molar-refractivity contribution in [3.63, 3.8) is 0 Å². The van der Waals surface area contributed by atoms with Crippen LogP contribution in [-0.2, 0) is 7.05 Å². The summed E-state index contributed by atoms with van der Waals surface area (Å²) in [4.78, 5) is 8.39. The Kier molecular flexibility index (Phi) is 2.66. The van der Waals surface area contributed by atoms with Crippen LogP contribution in [0.15, 0.2) is 18.2 Å². The summed E-state index contributed by atoms with van der Waals surface area (Å²) in [5.74, 6) is 2.09. The van der Waals surface area contributed by atoms with E-state index in [1.165, 1.54) is 22.1 Å². The standard InChI is InChI=1S/C16H21N3/c1-9(2)12-8-11-6-7-13-15(14(11)17-12)18-16(10(3)4)19(13)5/h6-10,17H,1-5H3. The van der Waals surface area contributed by atoms with Gasteiger partial charge in [0, 0.05) is 24.0 Å². The lowest BCUT2D eigenvalue weighted by Crippen LogP contribution is -1.99. The molecule has 0 aliphatic rings. The maximum Gasteiger partial charge on any atom is 0.113 e. The minimum Gasteiger partial charge on any atom is -0.356 e. The molecule has 0 aliphatic carbocycles. The van der Waals surface area contributed by atoms with Gasteiger partial charge in [-0.15, -0.1) is 0 Å². The molecule has 0 unspecified atom stereocenters. The van der Waals surface area contributed by atoms with E-state index < -0.39 is 0 Å². The van der Waals surface area contributed by atoms with Crippen molar-refractivity contribution in [2.45, 2.75) is 39.5 Å². The molecule has 3 rings (SSSR count). The second kappa shape index (κ2) is 4.12. The summed E-state index contributed by atoms with van der Waals surface area (Å²) >= 11 is 0. The van der Waals surface area contributed by atoms with Crippen molar-refractivity contribution in [2.24, 2.45) is 7.05 Å². The van der Waals surface area contributed by atoms with E-state index in [4.69, 9.17) is 4.98 Å². The topological polar surface area (TPSA) is 33.6 Å². The number of nitrogens with zero attached hydrogens (tertiary/aromatic N) is 2. The summed E-state index contributed by atoms with van der Waals surface area (Å²) in [6.07, 6.45) is 0. The molecule has 0 fully saturated rings. The van der Waals surface area contributed by atoms with Crippen LogP contribution in [0.5, 0.6) is 0 Å². The molecule has 0 spiro atoms. The molecule has 1 N–H and O–H groups in total. The van der Waals surface area contributed by atoms with E-state index in [-0.39, 0.29) is 0 Å². The monoisotopic (exact) mass is 255 g/mol. The number of hydrogen-bond acceptors (Lipinski definition) is 1. The third kappa shape index (κ3) is 1.76. The number of aromatic nitrogens is 3. The van der Waals surface area contributed by atoms with Gasteiger partial charge in [-0.2, -0.15) is 0 Å². The molecule has 0 radical (unpaired) electrons. The van der Waals surface area contributed by atoms with Crippen LogP contribution >= 0.6 is 0 Å². The minimum absolute atomic E-state index is 0.437. The fraction of sp³-hybridized carbons (Fsp3) is 0.438. The Balaban J connectivity index is 2.36. The summed E-state index contributed by atoms with van der Waals surface area (Å²) < 4.78 is 2.20. The first-order chi connectivity index (χ1) is 8.99. The lowest BCUT2D eigenvalue weighted by Gasteiger charge is -2.04. The van der Waals surface area contributed by atoms with E-state index in [1.54, 1.807) is 0 Å². The van der Waals surface area contributed by atoms with Crippen LogP contribution in [0.4, 0.5) is 0 Å². The summed E-state index contributed by atoms with van der Waals surface area (Å²) in [6, 6.07) is 6.60. The normalized spacial score (nSPS) is 12.4. The second-order valence-electron chi connectivity index (χ2n) is 5.96. The van der Waals surface area contributed by atoms with Gasteiger partial charge in [0.05, 0.1) is 11.0 Å². The number of nitrogens with one attached hydrogen (secondary N) is 1. The van der Waals surface area contributed by atoms with Crippen LogP contribution in [0.3, 0.4) is 0 Å². The van der Waals surface area contributed by atoms with E-state index in [9.17, 15) is 0 Å². The number of aromatic amines is 1. The Morgan fingerprint density at radius 2 is 1.84 bits per heavy atom. The number of benzene rings is 1. The maximum atomic E-state index is 4.84. The van der Waals surface area contributed by atoms with Crippen molar-refractivity contribution in [1.29, 1.82) is 0 Å². The third-order valence-corrected chi connectivity index (χ3v) is 3.84. The quantitative estimate of drug-likeness (QED) is 0.727. The Morgan fingerprint density at radius 3 is 2.47 bits per heavy atom. The van der Waals surface area contributed by atoms with Crippen molar-refractivity contribution in [3.05, 3.63) is 29.7 Å². The van der Waals surface area contributed by atoms with E-state index in [0.717, 1.165) is 11.3 Å². The molecule has 3 heteroatoms. The largest absolute Gasteiger partial charge is 0.356 e. The third-order valence-electron chi connectivity index (χ3n) is 3.84. The van der Waals surface area contributed by atoms with Crippen LogP contribution < -0.4 is 0 Å². The average Bonchev–Trinajstić information content (AvgIpc) is 2.90. The summed E-state index contributed by atoms with van der Waals surface area (Å²) in [7, 11) is 2.10. The number of aryl methyl sites for hydroxylation is 1. The molecule has 0 aliphatic heterocycles. The van der Waals surface area contributed by atoms with Gasteiger partial charge in [0.2, 0.25) is 0 Å². The minimum atomic E-state index is 0.437. The molecule has 2 heterocycles. The van der Waals surface area contributed by atoms with Crippen molar-refractivity contribution >= 4 is 21.9 Å². The highest BCUT2D eigenvalue weighted by Crippen LogP contribution is 2.29. The van der Waals surface area contributed by atoms with Gasteiger partial charge in [0.25, 0.3) is 0 Å².